The van der Waals surface area contributed by atoms with Gasteiger partial charge in [0.2, 0.25) is 0 Å². The first-order chi connectivity index (χ1) is 15.5. The molecule has 1 aromatic carbocycles. The van der Waals surface area contributed by atoms with Crippen LogP contribution in [0.4, 0.5) is 13.2 Å². The number of unbranched alkanes of at least 4 members (excludes halogenated alkanes) is 1. The summed E-state index contributed by atoms with van der Waals surface area (Å²) in [4.78, 5) is 0. The topological polar surface area (TPSA) is 23.8 Å². The third kappa shape index (κ3) is 7.98. The number of nitrogens with zero attached hydrogens (tertiary/aromatic N) is 1. The zero-order chi connectivity index (χ0) is 22.8. The number of halogens is 3. The van der Waals surface area contributed by atoms with E-state index in [1.165, 1.54) is 82.8 Å². The monoisotopic (exact) mass is 445 g/mol. The molecule has 0 heterocycles. The Kier molecular flexibility index (Phi) is 9.69. The summed E-state index contributed by atoms with van der Waals surface area (Å²) >= 11 is 0. The second kappa shape index (κ2) is 12.5. The molecule has 2 fully saturated rings. The van der Waals surface area contributed by atoms with Crippen LogP contribution < -0.4 is 0 Å². The van der Waals surface area contributed by atoms with E-state index in [9.17, 15) is 13.2 Å². The van der Waals surface area contributed by atoms with Crippen LogP contribution in [0.25, 0.3) is 0 Å². The standard InChI is InChI=1S/C28H38F3N/c29-28(30,31)27-19-17-26(18-20-27)25-15-13-24(14-16-25)8-4-3-7-23-11-9-22(10-12-23)6-2-1-5-21-32/h1,5,17-20,22-25H,2-4,6-16H2. The van der Waals surface area contributed by atoms with Crippen molar-refractivity contribution in [2.75, 3.05) is 0 Å². The van der Waals surface area contributed by atoms with Crippen molar-refractivity contribution < 1.29 is 13.2 Å². The van der Waals surface area contributed by atoms with Crippen molar-refractivity contribution in [1.82, 2.24) is 0 Å². The first-order valence-corrected chi connectivity index (χ1v) is 12.7. The van der Waals surface area contributed by atoms with Gasteiger partial charge in [0.1, 0.15) is 0 Å². The number of hydrogen-bond donors (Lipinski definition) is 0. The summed E-state index contributed by atoms with van der Waals surface area (Å²) in [5.74, 6) is 3.00. The van der Waals surface area contributed by atoms with E-state index >= 15 is 0 Å². The molecule has 0 saturated heterocycles. The van der Waals surface area contributed by atoms with Crippen LogP contribution in [-0.4, -0.2) is 0 Å². The van der Waals surface area contributed by atoms with Crippen LogP contribution in [-0.2, 0) is 6.18 Å². The van der Waals surface area contributed by atoms with E-state index in [1.54, 1.807) is 18.2 Å². The van der Waals surface area contributed by atoms with Gasteiger partial charge >= 0.3 is 6.18 Å². The van der Waals surface area contributed by atoms with Gasteiger partial charge < -0.3 is 0 Å². The van der Waals surface area contributed by atoms with Crippen molar-refractivity contribution in [1.29, 1.82) is 5.26 Å². The van der Waals surface area contributed by atoms with E-state index in [1.807, 2.05) is 6.08 Å². The molecule has 0 aliphatic heterocycles. The maximum atomic E-state index is 12.8. The van der Waals surface area contributed by atoms with Crippen molar-refractivity contribution in [2.45, 2.75) is 102 Å². The summed E-state index contributed by atoms with van der Waals surface area (Å²) in [5.41, 5.74) is 0.532. The second-order valence-corrected chi connectivity index (χ2v) is 10.1. The van der Waals surface area contributed by atoms with Crippen molar-refractivity contribution >= 4 is 0 Å². The number of hydrogen-bond acceptors (Lipinski definition) is 1. The molecule has 0 unspecified atom stereocenters. The van der Waals surface area contributed by atoms with Gasteiger partial charge in [-0.3, -0.25) is 0 Å². The van der Waals surface area contributed by atoms with Gasteiger partial charge in [0, 0.05) is 6.08 Å². The Morgan fingerprint density at radius 2 is 1.28 bits per heavy atom. The van der Waals surface area contributed by atoms with Crippen LogP contribution in [0.3, 0.4) is 0 Å². The first-order valence-electron chi connectivity index (χ1n) is 12.7. The molecule has 0 radical (unpaired) electrons. The fraction of sp³-hybridized carbons (Fsp3) is 0.679. The third-order valence-corrected chi connectivity index (χ3v) is 7.93. The molecule has 3 rings (SSSR count). The predicted octanol–water partition coefficient (Wildman–Crippen LogP) is 9.21. The van der Waals surface area contributed by atoms with Gasteiger partial charge in [-0.15, -0.1) is 0 Å². The van der Waals surface area contributed by atoms with Crippen LogP contribution >= 0.6 is 0 Å². The molecule has 2 aliphatic rings. The Morgan fingerprint density at radius 1 is 0.781 bits per heavy atom. The molecule has 1 aromatic rings. The minimum absolute atomic E-state index is 0.430. The molecule has 0 aromatic heterocycles. The number of nitriles is 1. The second-order valence-electron chi connectivity index (χ2n) is 10.1. The largest absolute Gasteiger partial charge is 0.416 e. The summed E-state index contributed by atoms with van der Waals surface area (Å²) < 4.78 is 38.3. The van der Waals surface area contributed by atoms with Gasteiger partial charge in [0.05, 0.1) is 11.6 Å². The minimum atomic E-state index is -4.24. The van der Waals surface area contributed by atoms with E-state index in [-0.39, 0.29) is 0 Å². The molecular formula is C28H38F3N. The van der Waals surface area contributed by atoms with Crippen LogP contribution in [0, 0.1) is 29.1 Å². The van der Waals surface area contributed by atoms with Gasteiger partial charge in [-0.1, -0.05) is 69.6 Å². The van der Waals surface area contributed by atoms with Crippen LogP contribution in [0.15, 0.2) is 36.4 Å². The average Bonchev–Trinajstić information content (AvgIpc) is 2.80. The van der Waals surface area contributed by atoms with E-state index in [0.29, 0.717) is 5.92 Å². The fourth-order valence-corrected chi connectivity index (χ4v) is 5.87. The van der Waals surface area contributed by atoms with Gasteiger partial charge in [-0.2, -0.15) is 18.4 Å². The molecular weight excluding hydrogens is 407 g/mol. The normalized spacial score (nSPS) is 26.8. The lowest BCUT2D eigenvalue weighted by Gasteiger charge is -2.30. The molecule has 2 saturated carbocycles. The lowest BCUT2D eigenvalue weighted by Crippen LogP contribution is -2.15. The molecule has 2 aliphatic carbocycles. The van der Waals surface area contributed by atoms with Crippen molar-refractivity contribution in [3.05, 3.63) is 47.5 Å². The average molecular weight is 446 g/mol. The Hall–Kier alpha value is -1.76. The number of benzene rings is 1. The van der Waals surface area contributed by atoms with Crippen molar-refractivity contribution in [3.8, 4) is 6.07 Å². The molecule has 1 nitrogen and oxygen atoms in total. The SMILES string of the molecule is N#CC=CCCC1CCC(CCCCC2CCC(c3ccc(C(F)(F)F)cc3)CC2)CC1. The number of alkyl halides is 3. The molecule has 4 heteroatoms. The molecule has 32 heavy (non-hydrogen) atoms. The quantitative estimate of drug-likeness (QED) is 0.274. The molecule has 0 amide bonds. The highest BCUT2D eigenvalue weighted by Crippen LogP contribution is 2.39. The number of rotatable bonds is 9. The highest BCUT2D eigenvalue weighted by atomic mass is 19.4. The molecule has 0 bridgehead atoms. The Morgan fingerprint density at radius 3 is 1.78 bits per heavy atom. The maximum Gasteiger partial charge on any atom is 0.416 e. The van der Waals surface area contributed by atoms with Gasteiger partial charge in [0.15, 0.2) is 0 Å². The predicted molar refractivity (Wildman–Crippen MR) is 124 cm³/mol. The lowest BCUT2D eigenvalue weighted by molar-refractivity contribution is -0.137. The van der Waals surface area contributed by atoms with Gasteiger partial charge in [-0.25, -0.2) is 0 Å². The van der Waals surface area contributed by atoms with Crippen molar-refractivity contribution in [2.24, 2.45) is 17.8 Å². The highest BCUT2D eigenvalue weighted by Gasteiger charge is 2.30. The summed E-state index contributed by atoms with van der Waals surface area (Å²) in [6.45, 7) is 0. The highest BCUT2D eigenvalue weighted by molar-refractivity contribution is 5.27. The van der Waals surface area contributed by atoms with E-state index in [4.69, 9.17) is 5.26 Å². The molecule has 176 valence electrons. The van der Waals surface area contributed by atoms with E-state index in [0.717, 1.165) is 42.6 Å². The lowest BCUT2D eigenvalue weighted by atomic mass is 9.76. The Balaban J connectivity index is 1.26. The summed E-state index contributed by atoms with van der Waals surface area (Å²) in [6, 6.07) is 7.91. The molecule has 0 spiro atoms. The first kappa shape index (κ1) is 24.9. The Labute approximate surface area is 192 Å². The third-order valence-electron chi connectivity index (χ3n) is 7.93. The molecule has 0 N–H and O–H groups in total. The van der Waals surface area contributed by atoms with E-state index in [2.05, 4.69) is 6.07 Å². The smallest absolute Gasteiger partial charge is 0.193 e. The zero-order valence-corrected chi connectivity index (χ0v) is 19.3. The minimum Gasteiger partial charge on any atom is -0.193 e. The Bertz CT molecular complexity index is 727. The van der Waals surface area contributed by atoms with Crippen LogP contribution in [0.5, 0.6) is 0 Å². The maximum absolute atomic E-state index is 12.8. The van der Waals surface area contributed by atoms with Crippen molar-refractivity contribution in [3.63, 3.8) is 0 Å². The van der Waals surface area contributed by atoms with Crippen LogP contribution in [0.1, 0.15) is 107 Å². The van der Waals surface area contributed by atoms with Gasteiger partial charge in [-0.05, 0) is 79.9 Å². The number of allylic oxidation sites excluding steroid dienone is 2. The fourth-order valence-electron chi connectivity index (χ4n) is 5.87. The van der Waals surface area contributed by atoms with E-state index < -0.39 is 11.7 Å². The summed E-state index contributed by atoms with van der Waals surface area (Å²) in [5, 5.41) is 8.55. The summed E-state index contributed by atoms with van der Waals surface area (Å²) in [7, 11) is 0. The zero-order valence-electron chi connectivity index (χ0n) is 19.3. The molecule has 0 atom stereocenters. The van der Waals surface area contributed by atoms with Crippen LogP contribution in [0.2, 0.25) is 0 Å². The summed E-state index contributed by atoms with van der Waals surface area (Å²) in [6.07, 6.45) is 17.2. The van der Waals surface area contributed by atoms with Gasteiger partial charge in [0.25, 0.3) is 0 Å².